The fraction of sp³-hybridized carbons (Fsp3) is 0.588. The Kier molecular flexibility index (Phi) is 9.87. The maximum atomic E-state index is 11.3. The Bertz CT molecular complexity index is 339. The van der Waals surface area contributed by atoms with Crippen molar-refractivity contribution in [2.45, 2.75) is 53.4 Å². The molecule has 2 nitrogen and oxygen atoms in total. The van der Waals surface area contributed by atoms with Crippen LogP contribution in [0.1, 0.15) is 53.4 Å². The molecule has 1 aliphatic rings. The zero-order valence-electron chi connectivity index (χ0n) is 13.0. The lowest BCUT2D eigenvalue weighted by atomic mass is 9.97. The molecule has 2 heteroatoms. The van der Waals surface area contributed by atoms with Crippen LogP contribution in [0.4, 0.5) is 0 Å². The SMILES string of the molecule is C=CC1=C(CC=CCCC)CCN(C(C)=O)C1.CC. The molecule has 0 aliphatic carbocycles. The molecule has 108 valence electrons. The Hall–Kier alpha value is -1.31. The van der Waals surface area contributed by atoms with Crippen molar-refractivity contribution in [3.63, 3.8) is 0 Å². The van der Waals surface area contributed by atoms with Crippen LogP contribution in [-0.4, -0.2) is 23.9 Å². The summed E-state index contributed by atoms with van der Waals surface area (Å²) in [4.78, 5) is 13.2. The third kappa shape index (κ3) is 6.42. The number of allylic oxidation sites excluding steroid dienone is 2. The summed E-state index contributed by atoms with van der Waals surface area (Å²) in [6.07, 6.45) is 10.7. The summed E-state index contributed by atoms with van der Waals surface area (Å²) in [6.45, 7) is 13.3. The fourth-order valence-electron chi connectivity index (χ4n) is 2.05. The highest BCUT2D eigenvalue weighted by Gasteiger charge is 2.17. The molecule has 0 radical (unpaired) electrons. The number of amides is 1. The van der Waals surface area contributed by atoms with Gasteiger partial charge in [-0.05, 0) is 24.8 Å². The first kappa shape index (κ1) is 17.7. The van der Waals surface area contributed by atoms with E-state index in [9.17, 15) is 4.79 Å². The van der Waals surface area contributed by atoms with Gasteiger partial charge in [-0.25, -0.2) is 0 Å². The van der Waals surface area contributed by atoms with E-state index in [1.807, 2.05) is 24.8 Å². The zero-order valence-corrected chi connectivity index (χ0v) is 13.0. The topological polar surface area (TPSA) is 20.3 Å². The van der Waals surface area contributed by atoms with E-state index in [2.05, 4.69) is 25.7 Å². The van der Waals surface area contributed by atoms with Crippen LogP contribution >= 0.6 is 0 Å². The number of nitrogens with zero attached hydrogens (tertiary/aromatic N) is 1. The largest absolute Gasteiger partial charge is 0.338 e. The van der Waals surface area contributed by atoms with Gasteiger partial charge in [-0.2, -0.15) is 0 Å². The fourth-order valence-corrected chi connectivity index (χ4v) is 2.05. The molecule has 1 rings (SSSR count). The predicted octanol–water partition coefficient (Wildman–Crippen LogP) is 4.49. The van der Waals surface area contributed by atoms with Crippen molar-refractivity contribution in [3.8, 4) is 0 Å². The summed E-state index contributed by atoms with van der Waals surface area (Å²) in [5, 5.41) is 0. The van der Waals surface area contributed by atoms with Crippen LogP contribution in [0.3, 0.4) is 0 Å². The molecule has 0 bridgehead atoms. The Labute approximate surface area is 118 Å². The van der Waals surface area contributed by atoms with Crippen molar-refractivity contribution in [1.29, 1.82) is 0 Å². The van der Waals surface area contributed by atoms with Crippen LogP contribution in [0.15, 0.2) is 36.0 Å². The minimum atomic E-state index is 0.157. The van der Waals surface area contributed by atoms with Gasteiger partial charge in [0.15, 0.2) is 0 Å². The van der Waals surface area contributed by atoms with Crippen molar-refractivity contribution in [3.05, 3.63) is 36.0 Å². The van der Waals surface area contributed by atoms with Gasteiger partial charge in [-0.3, -0.25) is 4.79 Å². The number of unbranched alkanes of at least 4 members (excludes halogenated alkanes) is 1. The van der Waals surface area contributed by atoms with Crippen molar-refractivity contribution >= 4 is 5.91 Å². The number of hydrogen-bond acceptors (Lipinski definition) is 1. The van der Waals surface area contributed by atoms with Crippen molar-refractivity contribution in [2.75, 3.05) is 13.1 Å². The van der Waals surface area contributed by atoms with Gasteiger partial charge in [-0.15, -0.1) is 0 Å². The van der Waals surface area contributed by atoms with Crippen LogP contribution in [0, 0.1) is 0 Å². The lowest BCUT2D eigenvalue weighted by molar-refractivity contribution is -0.128. The molecule has 19 heavy (non-hydrogen) atoms. The average Bonchev–Trinajstić information content (AvgIpc) is 2.45. The predicted molar refractivity (Wildman–Crippen MR) is 84.1 cm³/mol. The van der Waals surface area contributed by atoms with Gasteiger partial charge in [0.25, 0.3) is 0 Å². The zero-order chi connectivity index (χ0) is 14.7. The number of hydrogen-bond donors (Lipinski definition) is 0. The molecule has 0 saturated heterocycles. The minimum absolute atomic E-state index is 0.157. The Balaban J connectivity index is 0.00000154. The van der Waals surface area contributed by atoms with Gasteiger partial charge in [0, 0.05) is 20.0 Å². The molecular weight excluding hydrogens is 234 g/mol. The van der Waals surface area contributed by atoms with Gasteiger partial charge in [0.2, 0.25) is 5.91 Å². The van der Waals surface area contributed by atoms with Gasteiger partial charge >= 0.3 is 0 Å². The molecule has 0 unspecified atom stereocenters. The molecule has 0 saturated carbocycles. The van der Waals surface area contributed by atoms with E-state index < -0.39 is 0 Å². The lowest BCUT2D eigenvalue weighted by Crippen LogP contribution is -2.35. The van der Waals surface area contributed by atoms with Gasteiger partial charge < -0.3 is 4.90 Å². The molecule has 0 spiro atoms. The van der Waals surface area contributed by atoms with E-state index in [-0.39, 0.29) is 5.91 Å². The summed E-state index contributed by atoms with van der Waals surface area (Å²) in [6, 6.07) is 0. The molecule has 0 aromatic rings. The van der Waals surface area contributed by atoms with E-state index in [0.29, 0.717) is 0 Å². The van der Waals surface area contributed by atoms with Crippen molar-refractivity contribution in [1.82, 2.24) is 4.90 Å². The lowest BCUT2D eigenvalue weighted by Gasteiger charge is -2.28. The highest BCUT2D eigenvalue weighted by atomic mass is 16.2. The summed E-state index contributed by atoms with van der Waals surface area (Å²) in [7, 11) is 0. The Morgan fingerprint density at radius 3 is 2.58 bits per heavy atom. The molecule has 1 aliphatic heterocycles. The van der Waals surface area contributed by atoms with E-state index >= 15 is 0 Å². The summed E-state index contributed by atoms with van der Waals surface area (Å²) < 4.78 is 0. The summed E-state index contributed by atoms with van der Waals surface area (Å²) >= 11 is 0. The molecule has 1 amide bonds. The van der Waals surface area contributed by atoms with E-state index in [0.717, 1.165) is 32.4 Å². The van der Waals surface area contributed by atoms with Crippen LogP contribution in [-0.2, 0) is 4.79 Å². The Morgan fingerprint density at radius 2 is 2.05 bits per heavy atom. The molecule has 0 N–H and O–H groups in total. The first-order valence-electron chi connectivity index (χ1n) is 7.42. The summed E-state index contributed by atoms with van der Waals surface area (Å²) in [5.41, 5.74) is 2.66. The molecule has 0 aromatic carbocycles. The quantitative estimate of drug-likeness (QED) is 0.669. The van der Waals surface area contributed by atoms with E-state index in [1.165, 1.54) is 17.6 Å². The Morgan fingerprint density at radius 1 is 1.37 bits per heavy atom. The van der Waals surface area contributed by atoms with Crippen molar-refractivity contribution < 1.29 is 4.79 Å². The normalized spacial score (nSPS) is 15.3. The van der Waals surface area contributed by atoms with Gasteiger partial charge in [0.05, 0.1) is 0 Å². The monoisotopic (exact) mass is 263 g/mol. The maximum absolute atomic E-state index is 11.3. The third-order valence-electron chi connectivity index (χ3n) is 3.18. The van der Waals surface area contributed by atoms with Gasteiger partial charge in [0.1, 0.15) is 0 Å². The van der Waals surface area contributed by atoms with Gasteiger partial charge in [-0.1, -0.05) is 57.6 Å². The second-order valence-corrected chi connectivity index (χ2v) is 4.49. The van der Waals surface area contributed by atoms with Crippen molar-refractivity contribution in [2.24, 2.45) is 0 Å². The minimum Gasteiger partial charge on any atom is -0.338 e. The first-order valence-corrected chi connectivity index (χ1v) is 7.42. The molecular formula is C17H29NO. The third-order valence-corrected chi connectivity index (χ3v) is 3.18. The molecule has 0 fully saturated rings. The first-order chi connectivity index (χ1) is 9.19. The van der Waals surface area contributed by atoms with E-state index in [1.54, 1.807) is 6.92 Å². The molecule has 1 heterocycles. The highest BCUT2D eigenvalue weighted by Crippen LogP contribution is 2.22. The average molecular weight is 263 g/mol. The van der Waals surface area contributed by atoms with E-state index in [4.69, 9.17) is 0 Å². The smallest absolute Gasteiger partial charge is 0.219 e. The second-order valence-electron chi connectivity index (χ2n) is 4.49. The number of carbonyl (C=O) groups is 1. The summed E-state index contributed by atoms with van der Waals surface area (Å²) in [5.74, 6) is 0.157. The maximum Gasteiger partial charge on any atom is 0.219 e. The van der Waals surface area contributed by atoms with Crippen LogP contribution in [0.5, 0.6) is 0 Å². The molecule has 0 atom stereocenters. The number of rotatable bonds is 5. The standard InChI is InChI=1S/C15H23NO.C2H6/c1-4-6-7-8-9-15-10-11-16(13(3)17)12-14(15)5-2;1-2/h5,7-8H,2,4,6,9-12H2,1,3H3;1-2H3. The second kappa shape index (κ2) is 10.6. The number of carbonyl (C=O) groups excluding carboxylic acids is 1. The van der Waals surface area contributed by atoms with Crippen LogP contribution in [0.2, 0.25) is 0 Å². The molecule has 0 aromatic heterocycles. The van der Waals surface area contributed by atoms with Crippen LogP contribution < -0.4 is 0 Å². The van der Waals surface area contributed by atoms with Crippen LogP contribution in [0.25, 0.3) is 0 Å². The highest BCUT2D eigenvalue weighted by molar-refractivity contribution is 5.74.